The molecule has 0 unspecified atom stereocenters. The Labute approximate surface area is 90.4 Å². The highest BCUT2D eigenvalue weighted by Gasteiger charge is 2.04. The van der Waals surface area contributed by atoms with Crippen molar-refractivity contribution in [3.05, 3.63) is 29.3 Å². The molecule has 0 spiro atoms. The van der Waals surface area contributed by atoms with E-state index < -0.39 is 0 Å². The number of ether oxygens (including phenoxy) is 1. The molecular weight excluding hydrogens is 190 g/mol. The molecule has 1 aromatic rings. The summed E-state index contributed by atoms with van der Waals surface area (Å²) in [4.78, 5) is 0. The van der Waals surface area contributed by atoms with Crippen LogP contribution in [-0.4, -0.2) is 17.0 Å². The lowest BCUT2D eigenvalue weighted by Crippen LogP contribution is -2.07. The summed E-state index contributed by atoms with van der Waals surface area (Å²) in [6.07, 6.45) is 0.169. The number of aryl methyl sites for hydroxylation is 1. The van der Waals surface area contributed by atoms with Crippen molar-refractivity contribution in [3.8, 4) is 5.75 Å². The van der Waals surface area contributed by atoms with E-state index in [1.54, 1.807) is 6.92 Å². The predicted octanol–water partition coefficient (Wildman–Crippen LogP) is 2.98. The zero-order chi connectivity index (χ0) is 11.4. The highest BCUT2D eigenvalue weighted by molar-refractivity contribution is 5.98. The molecule has 0 radical (unpaired) electrons. The maximum atomic E-state index is 8.65. The zero-order valence-corrected chi connectivity index (χ0v) is 9.61. The van der Waals surface area contributed by atoms with E-state index in [0.29, 0.717) is 5.71 Å². The SMILES string of the molecule is C/C(=N\O)c1ccc(OC(C)C)c(C)c1. The first kappa shape index (κ1) is 11.6. The van der Waals surface area contributed by atoms with E-state index in [1.165, 1.54) is 0 Å². The van der Waals surface area contributed by atoms with E-state index in [1.807, 2.05) is 39.0 Å². The first-order chi connectivity index (χ1) is 7.04. The highest BCUT2D eigenvalue weighted by atomic mass is 16.5. The second-order valence-electron chi connectivity index (χ2n) is 3.83. The van der Waals surface area contributed by atoms with Gasteiger partial charge in [-0.3, -0.25) is 0 Å². The topological polar surface area (TPSA) is 41.8 Å². The summed E-state index contributed by atoms with van der Waals surface area (Å²) in [5, 5.41) is 11.8. The summed E-state index contributed by atoms with van der Waals surface area (Å²) in [6, 6.07) is 5.74. The normalized spacial score (nSPS) is 11.9. The van der Waals surface area contributed by atoms with Crippen LogP contribution < -0.4 is 4.74 Å². The summed E-state index contributed by atoms with van der Waals surface area (Å²) in [7, 11) is 0. The number of benzene rings is 1. The predicted molar refractivity (Wildman–Crippen MR) is 60.9 cm³/mol. The van der Waals surface area contributed by atoms with Gasteiger partial charge in [-0.1, -0.05) is 5.16 Å². The van der Waals surface area contributed by atoms with Crippen molar-refractivity contribution in [2.45, 2.75) is 33.8 Å². The Morgan fingerprint density at radius 1 is 1.40 bits per heavy atom. The van der Waals surface area contributed by atoms with Gasteiger partial charge in [-0.2, -0.15) is 0 Å². The summed E-state index contributed by atoms with van der Waals surface area (Å²) in [5.74, 6) is 0.875. The number of oxime groups is 1. The van der Waals surface area contributed by atoms with Crippen LogP contribution in [0.4, 0.5) is 0 Å². The van der Waals surface area contributed by atoms with Gasteiger partial charge in [0.15, 0.2) is 0 Å². The standard InChI is InChI=1S/C12H17NO2/c1-8(2)15-12-6-5-11(7-9(12)3)10(4)13-14/h5-8,14H,1-4H3/b13-10+. The summed E-state index contributed by atoms with van der Waals surface area (Å²) in [6.45, 7) is 7.73. The van der Waals surface area contributed by atoms with Crippen molar-refractivity contribution in [3.63, 3.8) is 0 Å². The van der Waals surface area contributed by atoms with Crippen LogP contribution in [0.3, 0.4) is 0 Å². The second kappa shape index (κ2) is 4.82. The van der Waals surface area contributed by atoms with Crippen LogP contribution in [0.1, 0.15) is 31.9 Å². The van der Waals surface area contributed by atoms with E-state index in [0.717, 1.165) is 16.9 Å². The third-order valence-corrected chi connectivity index (χ3v) is 2.11. The molecule has 0 saturated carbocycles. The summed E-state index contributed by atoms with van der Waals surface area (Å²) >= 11 is 0. The molecule has 0 amide bonds. The van der Waals surface area contributed by atoms with Crippen molar-refractivity contribution in [2.24, 2.45) is 5.16 Å². The maximum Gasteiger partial charge on any atom is 0.122 e. The quantitative estimate of drug-likeness (QED) is 0.470. The molecule has 82 valence electrons. The van der Waals surface area contributed by atoms with Crippen molar-refractivity contribution < 1.29 is 9.94 Å². The van der Waals surface area contributed by atoms with Gasteiger partial charge >= 0.3 is 0 Å². The lowest BCUT2D eigenvalue weighted by atomic mass is 10.1. The molecule has 3 nitrogen and oxygen atoms in total. The van der Waals surface area contributed by atoms with Crippen molar-refractivity contribution in [1.29, 1.82) is 0 Å². The average Bonchev–Trinajstić information content (AvgIpc) is 2.19. The molecule has 0 aliphatic carbocycles. The van der Waals surface area contributed by atoms with Crippen molar-refractivity contribution >= 4 is 5.71 Å². The number of rotatable bonds is 3. The minimum Gasteiger partial charge on any atom is -0.491 e. The van der Waals surface area contributed by atoms with Crippen LogP contribution in [0, 0.1) is 6.92 Å². The van der Waals surface area contributed by atoms with Gasteiger partial charge in [-0.15, -0.1) is 0 Å². The summed E-state index contributed by atoms with van der Waals surface area (Å²) in [5.41, 5.74) is 2.56. The van der Waals surface area contributed by atoms with E-state index >= 15 is 0 Å². The fourth-order valence-electron chi connectivity index (χ4n) is 1.32. The fraction of sp³-hybridized carbons (Fsp3) is 0.417. The molecule has 0 aliphatic heterocycles. The number of hydrogen-bond acceptors (Lipinski definition) is 3. The largest absolute Gasteiger partial charge is 0.491 e. The van der Waals surface area contributed by atoms with Crippen LogP contribution in [0.5, 0.6) is 5.75 Å². The Kier molecular flexibility index (Phi) is 3.72. The van der Waals surface area contributed by atoms with Gasteiger partial charge in [0.2, 0.25) is 0 Å². The Balaban J connectivity index is 2.98. The van der Waals surface area contributed by atoms with Gasteiger partial charge in [0, 0.05) is 0 Å². The molecule has 0 atom stereocenters. The van der Waals surface area contributed by atoms with Gasteiger partial charge < -0.3 is 9.94 Å². The lowest BCUT2D eigenvalue weighted by molar-refractivity contribution is 0.241. The van der Waals surface area contributed by atoms with Gasteiger partial charge in [-0.05, 0) is 57.0 Å². The molecule has 1 N–H and O–H groups in total. The first-order valence-corrected chi connectivity index (χ1v) is 5.01. The van der Waals surface area contributed by atoms with Gasteiger partial charge in [-0.25, -0.2) is 0 Å². The Hall–Kier alpha value is -1.51. The molecule has 0 saturated heterocycles. The molecule has 0 fully saturated rings. The molecule has 1 aromatic carbocycles. The fourth-order valence-corrected chi connectivity index (χ4v) is 1.32. The van der Waals surface area contributed by atoms with Gasteiger partial charge in [0.05, 0.1) is 11.8 Å². The van der Waals surface area contributed by atoms with Gasteiger partial charge in [0.1, 0.15) is 5.75 Å². The molecule has 0 bridgehead atoms. The molecule has 0 aromatic heterocycles. The molecular formula is C12H17NO2. The number of nitrogens with zero attached hydrogens (tertiary/aromatic N) is 1. The molecule has 0 aliphatic rings. The number of hydrogen-bond donors (Lipinski definition) is 1. The van der Waals surface area contributed by atoms with Crippen LogP contribution in [0.25, 0.3) is 0 Å². The Morgan fingerprint density at radius 3 is 2.53 bits per heavy atom. The van der Waals surface area contributed by atoms with Gasteiger partial charge in [0.25, 0.3) is 0 Å². The van der Waals surface area contributed by atoms with E-state index in [4.69, 9.17) is 9.94 Å². The van der Waals surface area contributed by atoms with Crippen LogP contribution in [0.15, 0.2) is 23.4 Å². The minimum absolute atomic E-state index is 0.169. The third kappa shape index (κ3) is 2.98. The third-order valence-electron chi connectivity index (χ3n) is 2.11. The molecule has 1 rings (SSSR count). The Bertz CT molecular complexity index is 370. The molecule has 15 heavy (non-hydrogen) atoms. The van der Waals surface area contributed by atoms with Crippen molar-refractivity contribution in [2.75, 3.05) is 0 Å². The zero-order valence-electron chi connectivity index (χ0n) is 9.61. The van der Waals surface area contributed by atoms with Crippen LogP contribution in [0.2, 0.25) is 0 Å². The smallest absolute Gasteiger partial charge is 0.122 e. The average molecular weight is 207 g/mol. The second-order valence-corrected chi connectivity index (χ2v) is 3.83. The molecule has 3 heteroatoms. The maximum absolute atomic E-state index is 8.65. The monoisotopic (exact) mass is 207 g/mol. The van der Waals surface area contributed by atoms with Crippen molar-refractivity contribution in [1.82, 2.24) is 0 Å². The van der Waals surface area contributed by atoms with Crippen LogP contribution >= 0.6 is 0 Å². The van der Waals surface area contributed by atoms with Crippen LogP contribution in [-0.2, 0) is 0 Å². The highest BCUT2D eigenvalue weighted by Crippen LogP contribution is 2.20. The minimum atomic E-state index is 0.169. The lowest BCUT2D eigenvalue weighted by Gasteiger charge is -2.13. The summed E-state index contributed by atoms with van der Waals surface area (Å²) < 4.78 is 5.61. The van der Waals surface area contributed by atoms with E-state index in [2.05, 4.69) is 5.16 Å². The Morgan fingerprint density at radius 2 is 2.07 bits per heavy atom. The first-order valence-electron chi connectivity index (χ1n) is 5.01. The van der Waals surface area contributed by atoms with E-state index in [9.17, 15) is 0 Å². The molecule has 0 heterocycles. The van der Waals surface area contributed by atoms with E-state index in [-0.39, 0.29) is 6.10 Å².